The molecule has 2 fully saturated rings. The van der Waals surface area contributed by atoms with Gasteiger partial charge in [0.25, 0.3) is 0 Å². The molecule has 10 nitrogen and oxygen atoms in total. The smallest absolute Gasteiger partial charge is 0.475 e. The SMILES string of the molecule is CN1CC(=O)N(c2ccccc2)CC12CCN(Cc1cnn(C)c1)C2.O=C(O)C(F)(F)F.O=C(O)C(F)(F)F. The van der Waals surface area contributed by atoms with Crippen molar-refractivity contribution in [1.82, 2.24) is 19.6 Å². The Labute approximate surface area is 219 Å². The normalized spacial score (nSPS) is 20.2. The van der Waals surface area contributed by atoms with Gasteiger partial charge in [0, 0.05) is 50.7 Å². The summed E-state index contributed by atoms with van der Waals surface area (Å²) in [7, 11) is 4.04. The first-order chi connectivity index (χ1) is 17.9. The third kappa shape index (κ3) is 8.95. The van der Waals surface area contributed by atoms with Crippen molar-refractivity contribution in [3.05, 3.63) is 48.3 Å². The predicted molar refractivity (Wildman–Crippen MR) is 125 cm³/mol. The topological polar surface area (TPSA) is 119 Å². The molecule has 16 heteroatoms. The van der Waals surface area contributed by atoms with E-state index in [2.05, 4.69) is 28.1 Å². The Kier molecular flexibility index (Phi) is 10.1. The van der Waals surface area contributed by atoms with Crippen LogP contribution >= 0.6 is 0 Å². The number of carbonyl (C=O) groups is 3. The van der Waals surface area contributed by atoms with Crippen LogP contribution in [0.25, 0.3) is 0 Å². The number of nitrogens with zero attached hydrogens (tertiary/aromatic N) is 5. The van der Waals surface area contributed by atoms with Crippen LogP contribution in [0.4, 0.5) is 32.0 Å². The van der Waals surface area contributed by atoms with Crippen molar-refractivity contribution in [3.63, 3.8) is 0 Å². The molecule has 0 aliphatic carbocycles. The standard InChI is InChI=1S/C19H25N5O.2C2HF3O2/c1-21-13-18(25)24(17-6-4-3-5-7-17)15-19(21)8-9-23(14-19)12-16-10-20-22(2)11-16;2*3-2(4,5)1(6)7/h3-7,10-11H,8-9,12-15H2,1-2H3;2*(H,6,7). The van der Waals surface area contributed by atoms with E-state index in [0.717, 1.165) is 38.3 Å². The molecule has 2 aliphatic rings. The number of para-hydroxylation sites is 1. The lowest BCUT2D eigenvalue weighted by molar-refractivity contribution is -0.193. The van der Waals surface area contributed by atoms with Crippen molar-refractivity contribution in [3.8, 4) is 0 Å². The van der Waals surface area contributed by atoms with E-state index < -0.39 is 24.3 Å². The molecule has 1 unspecified atom stereocenters. The number of carboxylic acids is 2. The molecule has 39 heavy (non-hydrogen) atoms. The number of aromatic nitrogens is 2. The van der Waals surface area contributed by atoms with Crippen molar-refractivity contribution in [2.45, 2.75) is 30.9 Å². The van der Waals surface area contributed by atoms with E-state index in [1.165, 1.54) is 5.56 Å². The van der Waals surface area contributed by atoms with Crippen molar-refractivity contribution < 1.29 is 50.9 Å². The van der Waals surface area contributed by atoms with Crippen molar-refractivity contribution in [1.29, 1.82) is 0 Å². The van der Waals surface area contributed by atoms with E-state index in [1.54, 1.807) is 0 Å². The van der Waals surface area contributed by atoms with E-state index in [-0.39, 0.29) is 11.4 Å². The summed E-state index contributed by atoms with van der Waals surface area (Å²) in [6.45, 7) is 4.19. The fraction of sp³-hybridized carbons (Fsp3) is 0.478. The molecule has 2 saturated heterocycles. The number of amides is 1. The third-order valence-electron chi connectivity index (χ3n) is 6.06. The second-order valence-corrected chi connectivity index (χ2v) is 8.98. The van der Waals surface area contributed by atoms with Gasteiger partial charge in [-0.05, 0) is 25.6 Å². The van der Waals surface area contributed by atoms with Crippen LogP contribution in [0.5, 0.6) is 0 Å². The molecule has 0 bridgehead atoms. The molecule has 0 saturated carbocycles. The fourth-order valence-electron chi connectivity index (χ4n) is 4.13. The van der Waals surface area contributed by atoms with Crippen LogP contribution in [0.2, 0.25) is 0 Å². The first-order valence-corrected chi connectivity index (χ1v) is 11.3. The van der Waals surface area contributed by atoms with Gasteiger partial charge in [-0.2, -0.15) is 31.4 Å². The predicted octanol–water partition coefficient (Wildman–Crippen LogP) is 2.61. The van der Waals surface area contributed by atoms with Gasteiger partial charge in [-0.25, -0.2) is 9.59 Å². The number of benzene rings is 1. The van der Waals surface area contributed by atoms with E-state index >= 15 is 0 Å². The Morgan fingerprint density at radius 1 is 0.974 bits per heavy atom. The van der Waals surface area contributed by atoms with Gasteiger partial charge in [0.15, 0.2) is 0 Å². The van der Waals surface area contributed by atoms with Crippen LogP contribution in [0.1, 0.15) is 12.0 Å². The molecule has 2 aliphatic heterocycles. The summed E-state index contributed by atoms with van der Waals surface area (Å²) in [4.78, 5) is 37.1. The van der Waals surface area contributed by atoms with E-state index in [4.69, 9.17) is 19.8 Å². The molecule has 1 aromatic carbocycles. The molecule has 1 aromatic heterocycles. The van der Waals surface area contributed by atoms with Crippen LogP contribution in [0, 0.1) is 0 Å². The zero-order chi connectivity index (χ0) is 29.6. The van der Waals surface area contributed by atoms with E-state index in [9.17, 15) is 31.1 Å². The van der Waals surface area contributed by atoms with Crippen LogP contribution in [-0.4, -0.2) is 98.8 Å². The van der Waals surface area contributed by atoms with Gasteiger partial charge >= 0.3 is 24.3 Å². The van der Waals surface area contributed by atoms with Gasteiger partial charge in [0.1, 0.15) is 0 Å². The van der Waals surface area contributed by atoms with Crippen molar-refractivity contribution >= 4 is 23.5 Å². The second kappa shape index (κ2) is 12.5. The maximum absolute atomic E-state index is 12.6. The number of hydrogen-bond donors (Lipinski definition) is 2. The number of anilines is 1. The lowest BCUT2D eigenvalue weighted by Crippen LogP contribution is -2.64. The number of carboxylic acid groups (broad SMARTS) is 2. The number of alkyl halides is 6. The van der Waals surface area contributed by atoms with Crippen LogP contribution in [0.15, 0.2) is 42.7 Å². The molecule has 4 rings (SSSR count). The number of likely N-dealkylation sites (N-methyl/N-ethyl adjacent to an activating group) is 1. The average molecular weight is 567 g/mol. The number of aliphatic carboxylic acids is 2. The first-order valence-electron chi connectivity index (χ1n) is 11.3. The molecule has 2 aromatic rings. The molecule has 3 heterocycles. The van der Waals surface area contributed by atoms with Crippen LogP contribution < -0.4 is 4.90 Å². The summed E-state index contributed by atoms with van der Waals surface area (Å²) >= 11 is 0. The van der Waals surface area contributed by atoms with Gasteiger partial charge in [-0.3, -0.25) is 19.3 Å². The number of hydrogen-bond acceptors (Lipinski definition) is 6. The monoisotopic (exact) mass is 567 g/mol. The van der Waals surface area contributed by atoms with E-state index in [0.29, 0.717) is 6.54 Å². The van der Waals surface area contributed by atoms with Gasteiger partial charge in [0.2, 0.25) is 5.91 Å². The highest BCUT2D eigenvalue weighted by Crippen LogP contribution is 2.33. The first kappa shape index (κ1) is 31.6. The molecule has 0 radical (unpaired) electrons. The number of rotatable bonds is 3. The minimum absolute atomic E-state index is 0.0337. The van der Waals surface area contributed by atoms with E-state index in [1.807, 2.05) is 53.2 Å². The zero-order valence-electron chi connectivity index (χ0n) is 20.9. The number of likely N-dealkylation sites (tertiary alicyclic amines) is 1. The molecular formula is C23H27F6N5O5. The molecular weight excluding hydrogens is 540 g/mol. The number of aryl methyl sites for hydroxylation is 1. The lowest BCUT2D eigenvalue weighted by atomic mass is 9.92. The molecule has 1 spiro atoms. The lowest BCUT2D eigenvalue weighted by Gasteiger charge is -2.47. The highest BCUT2D eigenvalue weighted by atomic mass is 19.4. The van der Waals surface area contributed by atoms with Gasteiger partial charge in [-0.1, -0.05) is 18.2 Å². The maximum Gasteiger partial charge on any atom is 0.490 e. The van der Waals surface area contributed by atoms with Gasteiger partial charge < -0.3 is 15.1 Å². The Morgan fingerprint density at radius 2 is 1.51 bits per heavy atom. The fourth-order valence-corrected chi connectivity index (χ4v) is 4.13. The summed E-state index contributed by atoms with van der Waals surface area (Å²) in [5.74, 6) is -5.33. The largest absolute Gasteiger partial charge is 0.490 e. The molecule has 1 amide bonds. The van der Waals surface area contributed by atoms with Gasteiger partial charge in [-0.15, -0.1) is 0 Å². The molecule has 216 valence electrons. The summed E-state index contributed by atoms with van der Waals surface area (Å²) in [6, 6.07) is 10.0. The summed E-state index contributed by atoms with van der Waals surface area (Å²) in [5, 5.41) is 18.5. The van der Waals surface area contributed by atoms with Crippen molar-refractivity contribution in [2.75, 3.05) is 38.1 Å². The highest BCUT2D eigenvalue weighted by Gasteiger charge is 2.47. The number of halogens is 6. The Morgan fingerprint density at radius 3 is 1.97 bits per heavy atom. The zero-order valence-corrected chi connectivity index (χ0v) is 20.9. The Balaban J connectivity index is 0.000000317. The number of piperazine rings is 1. The Bertz CT molecular complexity index is 1120. The molecule has 2 N–H and O–H groups in total. The maximum atomic E-state index is 12.6. The third-order valence-corrected chi connectivity index (χ3v) is 6.06. The van der Waals surface area contributed by atoms with Crippen LogP contribution in [-0.2, 0) is 28.0 Å². The average Bonchev–Trinajstić information content (AvgIpc) is 3.43. The van der Waals surface area contributed by atoms with Crippen LogP contribution in [0.3, 0.4) is 0 Å². The molecule has 1 atom stereocenters. The summed E-state index contributed by atoms with van der Waals surface area (Å²) in [6.07, 6.45) is -5.06. The highest BCUT2D eigenvalue weighted by molar-refractivity contribution is 5.96. The number of carbonyl (C=O) groups excluding carboxylic acids is 1. The minimum atomic E-state index is -5.08. The summed E-state index contributed by atoms with van der Waals surface area (Å²) < 4.78 is 65.3. The second-order valence-electron chi connectivity index (χ2n) is 8.98. The van der Waals surface area contributed by atoms with Gasteiger partial charge in [0.05, 0.1) is 18.3 Å². The van der Waals surface area contributed by atoms with Crippen molar-refractivity contribution in [2.24, 2.45) is 7.05 Å². The quantitative estimate of drug-likeness (QED) is 0.544. The Hall–Kier alpha value is -3.66. The summed E-state index contributed by atoms with van der Waals surface area (Å²) in [5.41, 5.74) is 2.28. The minimum Gasteiger partial charge on any atom is -0.475 e.